The van der Waals surface area contributed by atoms with E-state index in [4.69, 9.17) is 4.74 Å². The van der Waals surface area contributed by atoms with Crippen LogP contribution in [0.5, 0.6) is 0 Å². The van der Waals surface area contributed by atoms with Gasteiger partial charge in [0.15, 0.2) is 0 Å². The quantitative estimate of drug-likeness (QED) is 0.588. The molecule has 0 aliphatic heterocycles. The van der Waals surface area contributed by atoms with Crippen molar-refractivity contribution in [3.63, 3.8) is 0 Å². The average Bonchev–Trinajstić information content (AvgIpc) is 3.44. The molecule has 7 nitrogen and oxygen atoms in total. The largest absolute Gasteiger partial charge is 0.444 e. The molecular formula is C21H37N3O4. The van der Waals surface area contributed by atoms with E-state index in [-0.39, 0.29) is 30.5 Å². The molecule has 2 aliphatic rings. The molecule has 0 atom stereocenters. The van der Waals surface area contributed by atoms with Gasteiger partial charge >= 0.3 is 6.09 Å². The van der Waals surface area contributed by atoms with E-state index >= 15 is 0 Å². The fourth-order valence-electron chi connectivity index (χ4n) is 3.57. The van der Waals surface area contributed by atoms with Crippen LogP contribution >= 0.6 is 0 Å². The summed E-state index contributed by atoms with van der Waals surface area (Å²) >= 11 is 0. The van der Waals surface area contributed by atoms with Crippen LogP contribution in [0, 0.1) is 5.92 Å². The van der Waals surface area contributed by atoms with Gasteiger partial charge in [0.05, 0.1) is 6.54 Å². The molecule has 0 unspecified atom stereocenters. The number of amides is 3. The van der Waals surface area contributed by atoms with Crippen molar-refractivity contribution in [2.24, 2.45) is 5.92 Å². The Bertz CT molecular complexity index is 534. The van der Waals surface area contributed by atoms with E-state index in [9.17, 15) is 14.4 Å². The molecule has 0 aromatic heterocycles. The predicted octanol–water partition coefficient (Wildman–Crippen LogP) is 2.98. The monoisotopic (exact) mass is 395 g/mol. The Kier molecular flexibility index (Phi) is 8.58. The molecule has 3 amide bonds. The van der Waals surface area contributed by atoms with Crippen LogP contribution in [0.2, 0.25) is 0 Å². The zero-order valence-corrected chi connectivity index (χ0v) is 17.7. The molecule has 0 saturated heterocycles. The highest BCUT2D eigenvalue weighted by Gasteiger charge is 2.34. The first kappa shape index (κ1) is 22.5. The van der Waals surface area contributed by atoms with Gasteiger partial charge in [0.2, 0.25) is 11.8 Å². The third-order valence-corrected chi connectivity index (χ3v) is 5.16. The smallest absolute Gasteiger partial charge is 0.410 e. The van der Waals surface area contributed by atoms with Crippen molar-refractivity contribution in [2.45, 2.75) is 90.2 Å². The van der Waals surface area contributed by atoms with Gasteiger partial charge in [0, 0.05) is 25.6 Å². The normalized spacial score (nSPS) is 17.7. The second-order valence-corrected chi connectivity index (χ2v) is 9.09. The molecule has 0 spiro atoms. The molecule has 0 heterocycles. The van der Waals surface area contributed by atoms with Crippen LogP contribution in [0.25, 0.3) is 0 Å². The molecular weight excluding hydrogens is 358 g/mol. The minimum Gasteiger partial charge on any atom is -0.444 e. The second-order valence-electron chi connectivity index (χ2n) is 9.09. The maximum absolute atomic E-state index is 12.3. The number of hydrogen-bond acceptors (Lipinski definition) is 4. The molecule has 2 N–H and O–H groups in total. The van der Waals surface area contributed by atoms with Crippen molar-refractivity contribution < 1.29 is 19.1 Å². The Morgan fingerprint density at radius 1 is 0.964 bits per heavy atom. The first-order chi connectivity index (χ1) is 13.2. The van der Waals surface area contributed by atoms with Crippen LogP contribution in [-0.2, 0) is 14.3 Å². The molecule has 160 valence electrons. The number of ether oxygens (including phenoxy) is 1. The van der Waals surface area contributed by atoms with Gasteiger partial charge in [-0.1, -0.05) is 19.3 Å². The number of nitrogens with one attached hydrogen (secondary N) is 2. The Morgan fingerprint density at radius 3 is 2.25 bits per heavy atom. The minimum atomic E-state index is -0.506. The van der Waals surface area contributed by atoms with Crippen molar-refractivity contribution in [3.8, 4) is 0 Å². The summed E-state index contributed by atoms with van der Waals surface area (Å²) < 4.78 is 5.46. The minimum absolute atomic E-state index is 0.0178. The van der Waals surface area contributed by atoms with Crippen LogP contribution in [0.3, 0.4) is 0 Å². The second kappa shape index (κ2) is 10.7. The fraction of sp³-hybridized carbons (Fsp3) is 0.857. The first-order valence-electron chi connectivity index (χ1n) is 10.8. The highest BCUT2D eigenvalue weighted by molar-refractivity contribution is 5.84. The SMILES string of the molecule is CC(C)(C)OC(=O)N(CCCNC(=O)CNC(=O)CC1CCCCC1)C1CC1. The van der Waals surface area contributed by atoms with Crippen molar-refractivity contribution in [2.75, 3.05) is 19.6 Å². The first-order valence-corrected chi connectivity index (χ1v) is 10.8. The third-order valence-electron chi connectivity index (χ3n) is 5.16. The summed E-state index contributed by atoms with van der Waals surface area (Å²) in [5.74, 6) is 0.247. The number of carbonyl (C=O) groups excluding carboxylic acids is 3. The topological polar surface area (TPSA) is 87.7 Å². The van der Waals surface area contributed by atoms with E-state index in [1.165, 1.54) is 19.3 Å². The van der Waals surface area contributed by atoms with Crippen molar-refractivity contribution in [1.82, 2.24) is 15.5 Å². The van der Waals surface area contributed by atoms with Gasteiger partial charge in [-0.3, -0.25) is 9.59 Å². The molecule has 28 heavy (non-hydrogen) atoms. The van der Waals surface area contributed by atoms with Crippen LogP contribution in [-0.4, -0.2) is 54.1 Å². The zero-order valence-electron chi connectivity index (χ0n) is 17.7. The maximum atomic E-state index is 12.3. The van der Waals surface area contributed by atoms with Gasteiger partial charge < -0.3 is 20.3 Å². The number of carbonyl (C=O) groups is 3. The summed E-state index contributed by atoms with van der Waals surface area (Å²) in [6.07, 6.45) is 8.86. The standard InChI is InChI=1S/C21H37N3O4/c1-21(2,3)28-20(27)24(17-10-11-17)13-7-12-22-19(26)15-23-18(25)14-16-8-5-4-6-9-16/h16-17H,4-15H2,1-3H3,(H,22,26)(H,23,25). The molecule has 2 fully saturated rings. The Balaban J connectivity index is 1.58. The van der Waals surface area contributed by atoms with E-state index < -0.39 is 5.60 Å². The van der Waals surface area contributed by atoms with E-state index in [1.54, 1.807) is 4.90 Å². The van der Waals surface area contributed by atoms with Gasteiger partial charge in [-0.05, 0) is 58.8 Å². The molecule has 2 aliphatic carbocycles. The van der Waals surface area contributed by atoms with Crippen LogP contribution in [0.1, 0.15) is 78.6 Å². The average molecular weight is 396 g/mol. The van der Waals surface area contributed by atoms with E-state index in [0.29, 0.717) is 31.8 Å². The molecule has 0 radical (unpaired) electrons. The number of nitrogens with zero attached hydrogens (tertiary/aromatic N) is 1. The lowest BCUT2D eigenvalue weighted by atomic mass is 9.87. The summed E-state index contributed by atoms with van der Waals surface area (Å²) in [4.78, 5) is 37.9. The van der Waals surface area contributed by atoms with Gasteiger partial charge in [-0.25, -0.2) is 4.79 Å². The predicted molar refractivity (Wildman–Crippen MR) is 108 cm³/mol. The summed E-state index contributed by atoms with van der Waals surface area (Å²) in [5.41, 5.74) is -0.506. The van der Waals surface area contributed by atoms with Gasteiger partial charge in [-0.2, -0.15) is 0 Å². The molecule has 0 aromatic carbocycles. The van der Waals surface area contributed by atoms with Gasteiger partial charge in [0.25, 0.3) is 0 Å². The molecule has 0 bridgehead atoms. The van der Waals surface area contributed by atoms with Crippen LogP contribution in [0.4, 0.5) is 4.79 Å². The highest BCUT2D eigenvalue weighted by atomic mass is 16.6. The zero-order chi connectivity index (χ0) is 20.6. The van der Waals surface area contributed by atoms with Crippen molar-refractivity contribution in [3.05, 3.63) is 0 Å². The van der Waals surface area contributed by atoms with Crippen molar-refractivity contribution in [1.29, 1.82) is 0 Å². The molecule has 2 rings (SSSR count). The molecule has 7 heteroatoms. The summed E-state index contributed by atoms with van der Waals surface area (Å²) in [7, 11) is 0. The van der Waals surface area contributed by atoms with Gasteiger partial charge in [-0.15, -0.1) is 0 Å². The maximum Gasteiger partial charge on any atom is 0.410 e. The summed E-state index contributed by atoms with van der Waals surface area (Å²) in [6.45, 7) is 6.64. The lowest BCUT2D eigenvalue weighted by Crippen LogP contribution is -2.41. The van der Waals surface area contributed by atoms with Crippen LogP contribution in [0.15, 0.2) is 0 Å². The Hall–Kier alpha value is -1.79. The summed E-state index contributed by atoms with van der Waals surface area (Å²) in [5, 5.41) is 5.53. The lowest BCUT2D eigenvalue weighted by molar-refractivity contribution is -0.126. The fourth-order valence-corrected chi connectivity index (χ4v) is 3.57. The lowest BCUT2D eigenvalue weighted by Gasteiger charge is -2.27. The van der Waals surface area contributed by atoms with Crippen molar-refractivity contribution >= 4 is 17.9 Å². The van der Waals surface area contributed by atoms with E-state index in [2.05, 4.69) is 10.6 Å². The van der Waals surface area contributed by atoms with E-state index in [0.717, 1.165) is 25.7 Å². The Morgan fingerprint density at radius 2 is 1.64 bits per heavy atom. The van der Waals surface area contributed by atoms with Crippen LogP contribution < -0.4 is 10.6 Å². The molecule has 0 aromatic rings. The Labute approximate surface area is 168 Å². The van der Waals surface area contributed by atoms with Gasteiger partial charge in [0.1, 0.15) is 5.60 Å². The summed E-state index contributed by atoms with van der Waals surface area (Å²) in [6, 6.07) is 0.268. The molecule has 2 saturated carbocycles. The highest BCUT2D eigenvalue weighted by Crippen LogP contribution is 2.28. The third kappa shape index (κ3) is 8.93. The van der Waals surface area contributed by atoms with E-state index in [1.807, 2.05) is 20.8 Å². The number of rotatable bonds is 9. The number of hydrogen-bond donors (Lipinski definition) is 2.